The third kappa shape index (κ3) is 3.25. The number of phenols is 1. The number of aromatic hydroxyl groups is 1. The number of phenolic OH excluding ortho intramolecular Hbond substituents is 1. The predicted molar refractivity (Wildman–Crippen MR) is 90.8 cm³/mol. The number of hydrogen-bond donors (Lipinski definition) is 1. The number of methoxy groups -OCH3 is 2. The quantitative estimate of drug-likeness (QED) is 0.844. The van der Waals surface area contributed by atoms with Crippen LogP contribution in [0.4, 0.5) is 0 Å². The molecule has 2 aromatic rings. The normalized spacial score (nSPS) is 11.0. The van der Waals surface area contributed by atoms with Gasteiger partial charge in [0, 0.05) is 0 Å². The molecule has 2 aromatic carbocycles. The molecule has 0 aliphatic rings. The number of benzene rings is 2. The fraction of sp³-hybridized carbons (Fsp3) is 0.263. The molecule has 3 nitrogen and oxygen atoms in total. The molecule has 0 atom stereocenters. The highest BCUT2D eigenvalue weighted by Crippen LogP contribution is 2.31. The highest BCUT2D eigenvalue weighted by atomic mass is 16.5. The molecule has 2 rings (SSSR count). The van der Waals surface area contributed by atoms with Crippen molar-refractivity contribution < 1.29 is 14.6 Å². The van der Waals surface area contributed by atoms with Gasteiger partial charge in [-0.05, 0) is 66.8 Å². The Morgan fingerprint density at radius 2 is 1.27 bits per heavy atom. The van der Waals surface area contributed by atoms with Gasteiger partial charge in [-0.1, -0.05) is 18.2 Å². The predicted octanol–water partition coefficient (Wildman–Crippen LogP) is 4.51. The lowest BCUT2D eigenvalue weighted by atomic mass is 10.0. The Balaban J connectivity index is 2.37. The maximum atomic E-state index is 9.88. The molecule has 1 N–H and O–H groups in total. The second-order valence-corrected chi connectivity index (χ2v) is 5.39. The fourth-order valence-electron chi connectivity index (χ4n) is 2.38. The molecule has 0 aliphatic heterocycles. The fourth-order valence-corrected chi connectivity index (χ4v) is 2.38. The zero-order valence-corrected chi connectivity index (χ0v) is 13.7. The van der Waals surface area contributed by atoms with Crippen molar-refractivity contribution in [2.45, 2.75) is 20.8 Å². The minimum Gasteiger partial charge on any atom is -0.504 e. The van der Waals surface area contributed by atoms with Crippen molar-refractivity contribution in [2.75, 3.05) is 14.2 Å². The van der Waals surface area contributed by atoms with E-state index in [-0.39, 0.29) is 5.75 Å². The van der Waals surface area contributed by atoms with Gasteiger partial charge in [0.25, 0.3) is 0 Å². The topological polar surface area (TPSA) is 38.7 Å². The number of aryl methyl sites for hydroxylation is 2. The van der Waals surface area contributed by atoms with Gasteiger partial charge in [0.05, 0.1) is 14.2 Å². The van der Waals surface area contributed by atoms with E-state index in [1.165, 1.54) is 5.56 Å². The third-order valence-corrected chi connectivity index (χ3v) is 3.84. The second-order valence-electron chi connectivity index (χ2n) is 5.39. The zero-order chi connectivity index (χ0) is 16.3. The largest absolute Gasteiger partial charge is 0.504 e. The highest BCUT2D eigenvalue weighted by molar-refractivity contribution is 5.73. The molecule has 0 aliphatic carbocycles. The molecule has 0 aromatic heterocycles. The van der Waals surface area contributed by atoms with Gasteiger partial charge >= 0.3 is 0 Å². The summed E-state index contributed by atoms with van der Waals surface area (Å²) in [6.45, 7) is 5.98. The average molecular weight is 298 g/mol. The van der Waals surface area contributed by atoms with Crippen molar-refractivity contribution in [1.29, 1.82) is 0 Å². The third-order valence-electron chi connectivity index (χ3n) is 3.84. The van der Waals surface area contributed by atoms with Crippen molar-refractivity contribution >= 4 is 12.2 Å². The summed E-state index contributed by atoms with van der Waals surface area (Å²) < 4.78 is 10.6. The summed E-state index contributed by atoms with van der Waals surface area (Å²) in [7, 11) is 3.24. The van der Waals surface area contributed by atoms with Crippen molar-refractivity contribution in [2.24, 2.45) is 0 Å². The summed E-state index contributed by atoms with van der Waals surface area (Å²) in [5.74, 6) is 1.56. The van der Waals surface area contributed by atoms with Crippen LogP contribution in [0.5, 0.6) is 17.2 Å². The van der Waals surface area contributed by atoms with Crippen LogP contribution in [0.25, 0.3) is 12.2 Å². The van der Waals surface area contributed by atoms with Crippen molar-refractivity contribution in [3.8, 4) is 17.2 Å². The summed E-state index contributed by atoms with van der Waals surface area (Å²) in [6.07, 6.45) is 4.03. The van der Waals surface area contributed by atoms with Crippen LogP contribution in [-0.2, 0) is 0 Å². The second kappa shape index (κ2) is 6.56. The van der Waals surface area contributed by atoms with Crippen LogP contribution in [0, 0.1) is 20.8 Å². The summed E-state index contributed by atoms with van der Waals surface area (Å²) in [6, 6.07) is 7.88. The lowest BCUT2D eigenvalue weighted by Gasteiger charge is -2.09. The molecule has 0 spiro atoms. The molecule has 0 bridgehead atoms. The van der Waals surface area contributed by atoms with Crippen LogP contribution in [0.1, 0.15) is 27.8 Å². The molecule has 0 radical (unpaired) electrons. The Morgan fingerprint density at radius 3 is 1.82 bits per heavy atom. The van der Waals surface area contributed by atoms with E-state index in [1.807, 2.05) is 37.3 Å². The van der Waals surface area contributed by atoms with Gasteiger partial charge in [0.2, 0.25) is 0 Å². The molecule has 0 saturated heterocycles. The van der Waals surface area contributed by atoms with Gasteiger partial charge in [0.15, 0.2) is 11.5 Å². The van der Waals surface area contributed by atoms with E-state index in [0.717, 1.165) is 28.0 Å². The highest BCUT2D eigenvalue weighted by Gasteiger charge is 2.06. The minimum atomic E-state index is 0.187. The molecule has 0 amide bonds. The Bertz CT molecular complexity index is 654. The van der Waals surface area contributed by atoms with E-state index < -0.39 is 0 Å². The van der Waals surface area contributed by atoms with E-state index in [0.29, 0.717) is 5.75 Å². The van der Waals surface area contributed by atoms with Crippen LogP contribution < -0.4 is 9.47 Å². The molecule has 0 unspecified atom stereocenters. The summed E-state index contributed by atoms with van der Waals surface area (Å²) in [4.78, 5) is 0. The van der Waals surface area contributed by atoms with Crippen LogP contribution in [0.15, 0.2) is 24.3 Å². The van der Waals surface area contributed by atoms with Crippen LogP contribution in [-0.4, -0.2) is 19.3 Å². The average Bonchev–Trinajstić information content (AvgIpc) is 2.51. The van der Waals surface area contributed by atoms with Gasteiger partial charge < -0.3 is 14.6 Å². The number of rotatable bonds is 4. The van der Waals surface area contributed by atoms with Gasteiger partial charge in [-0.3, -0.25) is 0 Å². The molecular weight excluding hydrogens is 276 g/mol. The zero-order valence-electron chi connectivity index (χ0n) is 13.7. The van der Waals surface area contributed by atoms with Gasteiger partial charge in [-0.15, -0.1) is 0 Å². The van der Waals surface area contributed by atoms with Crippen molar-refractivity contribution in [3.05, 3.63) is 52.1 Å². The smallest absolute Gasteiger partial charge is 0.161 e. The van der Waals surface area contributed by atoms with E-state index in [9.17, 15) is 5.11 Å². The first-order valence-electron chi connectivity index (χ1n) is 7.17. The monoisotopic (exact) mass is 298 g/mol. The molecule has 0 heterocycles. The summed E-state index contributed by atoms with van der Waals surface area (Å²) in [5, 5.41) is 9.88. The minimum absolute atomic E-state index is 0.187. The molecule has 22 heavy (non-hydrogen) atoms. The first-order valence-corrected chi connectivity index (χ1v) is 7.17. The van der Waals surface area contributed by atoms with Gasteiger partial charge in [0.1, 0.15) is 5.75 Å². The maximum absolute atomic E-state index is 9.88. The molecule has 3 heteroatoms. The Kier molecular flexibility index (Phi) is 4.76. The van der Waals surface area contributed by atoms with Gasteiger partial charge in [-0.25, -0.2) is 0 Å². The Labute approximate surface area is 131 Å². The lowest BCUT2D eigenvalue weighted by Crippen LogP contribution is -1.91. The molecule has 116 valence electrons. The standard InChI is InChI=1S/C19H22O3/c1-12-8-15(10-17(21-4)14(12)3)6-7-16-9-13(2)19(20)18(11-16)22-5/h6-11,20H,1-5H3/b7-6+. The Hall–Kier alpha value is -2.42. The first-order chi connectivity index (χ1) is 10.5. The van der Waals surface area contributed by atoms with E-state index in [1.54, 1.807) is 14.2 Å². The van der Waals surface area contributed by atoms with Crippen LogP contribution in [0.3, 0.4) is 0 Å². The van der Waals surface area contributed by atoms with Crippen molar-refractivity contribution in [3.63, 3.8) is 0 Å². The van der Waals surface area contributed by atoms with E-state index in [4.69, 9.17) is 9.47 Å². The Morgan fingerprint density at radius 1 is 0.773 bits per heavy atom. The lowest BCUT2D eigenvalue weighted by molar-refractivity contribution is 0.371. The molecular formula is C19H22O3. The van der Waals surface area contributed by atoms with Gasteiger partial charge in [-0.2, -0.15) is 0 Å². The summed E-state index contributed by atoms with van der Waals surface area (Å²) >= 11 is 0. The van der Waals surface area contributed by atoms with E-state index in [2.05, 4.69) is 19.9 Å². The molecule has 0 fully saturated rings. The van der Waals surface area contributed by atoms with Crippen LogP contribution in [0.2, 0.25) is 0 Å². The SMILES string of the molecule is COc1cc(/C=C/c2cc(C)c(O)c(OC)c2)cc(C)c1C. The first kappa shape index (κ1) is 16.0. The van der Waals surface area contributed by atoms with E-state index >= 15 is 0 Å². The summed E-state index contributed by atoms with van der Waals surface area (Å²) in [5.41, 5.74) is 5.19. The van der Waals surface area contributed by atoms with Crippen LogP contribution >= 0.6 is 0 Å². The number of hydrogen-bond acceptors (Lipinski definition) is 3. The number of ether oxygens (including phenoxy) is 2. The maximum Gasteiger partial charge on any atom is 0.161 e. The van der Waals surface area contributed by atoms with Crippen molar-refractivity contribution in [1.82, 2.24) is 0 Å². The molecule has 0 saturated carbocycles.